The first-order chi connectivity index (χ1) is 9.06. The molecule has 0 aliphatic carbocycles. The average Bonchev–Trinajstić information content (AvgIpc) is 2.65. The van der Waals surface area contributed by atoms with E-state index in [1.165, 1.54) is 11.3 Å². The van der Waals surface area contributed by atoms with Crippen LogP contribution in [0.5, 0.6) is 5.75 Å². The van der Waals surface area contributed by atoms with Crippen molar-refractivity contribution in [2.45, 2.75) is 11.1 Å². The highest BCUT2D eigenvalue weighted by molar-refractivity contribution is 8.01. The first-order valence-electron chi connectivity index (χ1n) is 5.50. The summed E-state index contributed by atoms with van der Waals surface area (Å²) >= 11 is 15.0. The van der Waals surface area contributed by atoms with Crippen LogP contribution in [-0.4, -0.2) is 17.3 Å². The van der Waals surface area contributed by atoms with Crippen molar-refractivity contribution in [3.8, 4) is 5.75 Å². The molecule has 1 heterocycles. The van der Waals surface area contributed by atoms with E-state index in [2.05, 4.69) is 4.98 Å². The number of nitrogens with zero attached hydrogens (tertiary/aromatic N) is 1. The second-order valence-electron chi connectivity index (χ2n) is 3.70. The SMILES string of the molecule is Cc1nc(N)sc1SCCOc1ccc(Cl)cc1Cl. The number of benzene rings is 1. The zero-order chi connectivity index (χ0) is 13.8. The van der Waals surface area contributed by atoms with E-state index in [-0.39, 0.29) is 0 Å². The van der Waals surface area contributed by atoms with Gasteiger partial charge in [-0.25, -0.2) is 4.98 Å². The predicted octanol–water partition coefficient (Wildman–Crippen LogP) is 4.51. The summed E-state index contributed by atoms with van der Waals surface area (Å²) in [5.41, 5.74) is 6.61. The molecule has 0 aliphatic rings. The summed E-state index contributed by atoms with van der Waals surface area (Å²) < 4.78 is 6.73. The van der Waals surface area contributed by atoms with Crippen molar-refractivity contribution in [2.75, 3.05) is 18.1 Å². The Hall–Kier alpha value is -0.620. The van der Waals surface area contributed by atoms with Crippen LogP contribution in [-0.2, 0) is 0 Å². The minimum absolute atomic E-state index is 0.524. The maximum absolute atomic E-state index is 6.01. The van der Waals surface area contributed by atoms with Crippen molar-refractivity contribution < 1.29 is 4.74 Å². The molecule has 3 nitrogen and oxygen atoms in total. The van der Waals surface area contributed by atoms with E-state index >= 15 is 0 Å². The van der Waals surface area contributed by atoms with Crippen molar-refractivity contribution in [3.05, 3.63) is 33.9 Å². The normalized spacial score (nSPS) is 10.7. The van der Waals surface area contributed by atoms with Gasteiger partial charge in [0.05, 0.1) is 21.5 Å². The number of ether oxygens (including phenoxy) is 1. The summed E-state index contributed by atoms with van der Waals surface area (Å²) in [6.07, 6.45) is 0. The van der Waals surface area contributed by atoms with Crippen LogP contribution < -0.4 is 10.5 Å². The number of aromatic nitrogens is 1. The Morgan fingerprint density at radius 3 is 2.84 bits per heavy atom. The van der Waals surface area contributed by atoms with E-state index in [0.29, 0.717) is 27.5 Å². The first-order valence-corrected chi connectivity index (χ1v) is 8.05. The lowest BCUT2D eigenvalue weighted by Crippen LogP contribution is -2.00. The quantitative estimate of drug-likeness (QED) is 0.645. The average molecular weight is 335 g/mol. The van der Waals surface area contributed by atoms with E-state index in [9.17, 15) is 0 Å². The lowest BCUT2D eigenvalue weighted by Gasteiger charge is -2.07. The van der Waals surface area contributed by atoms with Gasteiger partial charge in [0.15, 0.2) is 5.13 Å². The summed E-state index contributed by atoms with van der Waals surface area (Å²) in [5, 5.41) is 1.72. The molecule has 2 aromatic rings. The minimum Gasteiger partial charge on any atom is -0.491 e. The summed E-state index contributed by atoms with van der Waals surface area (Å²) in [4.78, 5) is 4.17. The Kier molecular flexibility index (Phi) is 5.21. The van der Waals surface area contributed by atoms with Gasteiger partial charge >= 0.3 is 0 Å². The molecule has 7 heteroatoms. The molecule has 2 N–H and O–H groups in total. The highest BCUT2D eigenvalue weighted by Gasteiger charge is 2.06. The van der Waals surface area contributed by atoms with Crippen molar-refractivity contribution in [3.63, 3.8) is 0 Å². The lowest BCUT2D eigenvalue weighted by molar-refractivity contribution is 0.344. The first kappa shape index (κ1) is 14.8. The molecule has 0 atom stereocenters. The molecule has 0 bridgehead atoms. The third kappa shape index (κ3) is 4.18. The van der Waals surface area contributed by atoms with Gasteiger partial charge in [0, 0.05) is 10.8 Å². The predicted molar refractivity (Wildman–Crippen MR) is 83.9 cm³/mol. The summed E-state index contributed by atoms with van der Waals surface area (Å²) in [6.45, 7) is 2.51. The zero-order valence-corrected chi connectivity index (χ0v) is 13.3. The number of hydrogen-bond acceptors (Lipinski definition) is 5. The van der Waals surface area contributed by atoms with Gasteiger partial charge in [-0.3, -0.25) is 0 Å². The van der Waals surface area contributed by atoms with Crippen LogP contribution in [0.4, 0.5) is 5.13 Å². The summed E-state index contributed by atoms with van der Waals surface area (Å²) in [5.74, 6) is 1.45. The van der Waals surface area contributed by atoms with Gasteiger partial charge in [-0.1, -0.05) is 34.5 Å². The topological polar surface area (TPSA) is 48.1 Å². The Morgan fingerprint density at radius 1 is 1.42 bits per heavy atom. The fraction of sp³-hybridized carbons (Fsp3) is 0.250. The number of thiazole rings is 1. The highest BCUT2D eigenvalue weighted by Crippen LogP contribution is 2.31. The van der Waals surface area contributed by atoms with Crippen molar-refractivity contribution >= 4 is 51.4 Å². The molecule has 2 rings (SSSR count). The molecule has 0 fully saturated rings. The third-order valence-corrected chi connectivity index (χ3v) is 5.08. The van der Waals surface area contributed by atoms with Crippen LogP contribution in [0.1, 0.15) is 5.69 Å². The van der Waals surface area contributed by atoms with Gasteiger partial charge < -0.3 is 10.5 Å². The molecule has 0 aliphatic heterocycles. The Bertz CT molecular complexity index is 575. The van der Waals surface area contributed by atoms with Crippen LogP contribution in [0, 0.1) is 6.92 Å². The van der Waals surface area contributed by atoms with Crippen LogP contribution >= 0.6 is 46.3 Å². The smallest absolute Gasteiger partial charge is 0.181 e. The number of anilines is 1. The number of aryl methyl sites for hydroxylation is 1. The lowest BCUT2D eigenvalue weighted by atomic mass is 10.3. The van der Waals surface area contributed by atoms with E-state index in [4.69, 9.17) is 33.7 Å². The second kappa shape index (κ2) is 6.70. The fourth-order valence-electron chi connectivity index (χ4n) is 1.41. The van der Waals surface area contributed by atoms with Crippen LogP contribution in [0.3, 0.4) is 0 Å². The molecule has 1 aromatic heterocycles. The number of nitrogen functional groups attached to an aromatic ring is 1. The molecule has 19 heavy (non-hydrogen) atoms. The van der Waals surface area contributed by atoms with Crippen molar-refractivity contribution in [2.24, 2.45) is 0 Å². The molecular formula is C12H12Cl2N2OS2. The van der Waals surface area contributed by atoms with Gasteiger partial charge in [-0.2, -0.15) is 0 Å². The number of rotatable bonds is 5. The highest BCUT2D eigenvalue weighted by atomic mass is 35.5. The second-order valence-corrected chi connectivity index (χ2v) is 6.93. The largest absolute Gasteiger partial charge is 0.491 e. The number of halogens is 2. The Balaban J connectivity index is 1.82. The van der Waals surface area contributed by atoms with Crippen LogP contribution in [0.25, 0.3) is 0 Å². The standard InChI is InChI=1S/C12H12Cl2N2OS2/c1-7-11(19-12(15)16-7)18-5-4-17-10-3-2-8(13)6-9(10)14/h2-3,6H,4-5H2,1H3,(H2,15,16). The monoisotopic (exact) mass is 334 g/mol. The van der Waals surface area contributed by atoms with E-state index in [1.807, 2.05) is 6.92 Å². The molecular weight excluding hydrogens is 323 g/mol. The van der Waals surface area contributed by atoms with Gasteiger partial charge in [0.2, 0.25) is 0 Å². The maximum Gasteiger partial charge on any atom is 0.181 e. The molecule has 102 valence electrons. The van der Waals surface area contributed by atoms with Crippen molar-refractivity contribution in [1.82, 2.24) is 4.98 Å². The van der Waals surface area contributed by atoms with E-state index < -0.39 is 0 Å². The molecule has 0 unspecified atom stereocenters. The number of hydrogen-bond donors (Lipinski definition) is 1. The van der Waals surface area contributed by atoms with Crippen molar-refractivity contribution in [1.29, 1.82) is 0 Å². The third-order valence-electron chi connectivity index (χ3n) is 2.24. The fourth-order valence-corrected chi connectivity index (χ4v) is 3.79. The molecule has 0 saturated carbocycles. The molecule has 0 spiro atoms. The Labute approximate surface area is 130 Å². The molecule has 0 saturated heterocycles. The maximum atomic E-state index is 6.01. The number of nitrogens with two attached hydrogens (primary N) is 1. The van der Waals surface area contributed by atoms with E-state index in [1.54, 1.807) is 30.0 Å². The van der Waals surface area contributed by atoms with Crippen LogP contribution in [0.2, 0.25) is 10.0 Å². The van der Waals surface area contributed by atoms with E-state index in [0.717, 1.165) is 15.7 Å². The molecule has 0 amide bonds. The number of thioether (sulfide) groups is 1. The zero-order valence-electron chi connectivity index (χ0n) is 10.2. The summed E-state index contributed by atoms with van der Waals surface area (Å²) in [6, 6.07) is 5.19. The van der Waals surface area contributed by atoms with Gasteiger partial charge in [-0.05, 0) is 25.1 Å². The minimum atomic E-state index is 0.524. The van der Waals surface area contributed by atoms with Gasteiger partial charge in [-0.15, -0.1) is 11.8 Å². The summed E-state index contributed by atoms with van der Waals surface area (Å²) in [7, 11) is 0. The van der Waals surface area contributed by atoms with Gasteiger partial charge in [0.1, 0.15) is 5.75 Å². The van der Waals surface area contributed by atoms with Crippen LogP contribution in [0.15, 0.2) is 22.4 Å². The molecule has 1 aromatic carbocycles. The Morgan fingerprint density at radius 2 is 2.21 bits per heavy atom. The van der Waals surface area contributed by atoms with Gasteiger partial charge in [0.25, 0.3) is 0 Å². The molecule has 0 radical (unpaired) electrons.